The molecule has 0 radical (unpaired) electrons. The molecule has 1 aliphatic heterocycles. The summed E-state index contributed by atoms with van der Waals surface area (Å²) in [6.07, 6.45) is 9.50. The van der Waals surface area contributed by atoms with Gasteiger partial charge in [-0.1, -0.05) is 19.4 Å². The number of carbonyl (C=O) groups is 2. The third-order valence-electron chi connectivity index (χ3n) is 10.3. The highest BCUT2D eigenvalue weighted by Gasteiger charge is 2.72. The first-order chi connectivity index (χ1) is 13.2. The number of rotatable bonds is 0. The Bertz CT molecular complexity index is 813. The zero-order chi connectivity index (χ0) is 19.5. The molecule has 1 saturated heterocycles. The highest BCUT2D eigenvalue weighted by atomic mass is 19.1. The van der Waals surface area contributed by atoms with Crippen LogP contribution in [0.15, 0.2) is 11.6 Å². The molecule has 3 nitrogen and oxygen atoms in total. The van der Waals surface area contributed by atoms with Crippen molar-refractivity contribution >= 4 is 11.8 Å². The zero-order valence-corrected chi connectivity index (χ0v) is 17.1. The zero-order valence-electron chi connectivity index (χ0n) is 17.1. The Kier molecular flexibility index (Phi) is 3.22. The maximum atomic E-state index is 16.1. The summed E-state index contributed by atoms with van der Waals surface area (Å²) in [5, 5.41) is 0. The van der Waals surface area contributed by atoms with E-state index < -0.39 is 11.8 Å². The first-order valence-corrected chi connectivity index (χ1v) is 11.3. The maximum Gasteiger partial charge on any atom is 0.306 e. The molecule has 0 aromatic rings. The average Bonchev–Trinajstić information content (AvgIpc) is 3.20. The molecule has 4 heteroatoms. The van der Waals surface area contributed by atoms with Gasteiger partial charge in [0.05, 0.1) is 0 Å². The highest BCUT2D eigenvalue weighted by molar-refractivity contribution is 5.92. The summed E-state index contributed by atoms with van der Waals surface area (Å²) in [7, 11) is 0. The van der Waals surface area contributed by atoms with Crippen molar-refractivity contribution in [2.45, 2.75) is 89.8 Å². The fourth-order valence-corrected chi connectivity index (χ4v) is 8.95. The third kappa shape index (κ3) is 1.91. The molecule has 2 spiro atoms. The standard InChI is InChI=1S/C24H31FO3/c1-21-6-3-14(26)11-18(21)23(9-10-23)12-15-16-4-7-24(8-5-19(27)28-24)22(16,2)13-17(25)20(15)21/h11,15-17,20H,3-10,12-13H2,1-2H3/t15?,16?,17-,20?,21-,22-,24+/m0/s1. The minimum Gasteiger partial charge on any atom is -0.458 e. The topological polar surface area (TPSA) is 43.4 Å². The van der Waals surface area contributed by atoms with Crippen LogP contribution >= 0.6 is 0 Å². The van der Waals surface area contributed by atoms with Crippen LogP contribution in [0.25, 0.3) is 0 Å². The largest absolute Gasteiger partial charge is 0.458 e. The minimum absolute atomic E-state index is 0.0170. The van der Waals surface area contributed by atoms with Crippen molar-refractivity contribution in [3.05, 3.63) is 11.6 Å². The van der Waals surface area contributed by atoms with E-state index in [2.05, 4.69) is 13.8 Å². The fourth-order valence-electron chi connectivity index (χ4n) is 8.95. The van der Waals surface area contributed by atoms with Crippen LogP contribution in [0, 0.1) is 34.0 Å². The SMILES string of the molecule is C[C@]12CCC(=O)C=C1C1(CC1)CC1C2[C@@H](F)C[C@@]2(C)C1CC[C@@]21CCC(=O)O1. The molecular weight excluding hydrogens is 355 g/mol. The molecule has 6 rings (SSSR count). The molecule has 1 heterocycles. The van der Waals surface area contributed by atoms with E-state index in [4.69, 9.17) is 4.74 Å². The molecule has 7 atom stereocenters. The lowest BCUT2D eigenvalue weighted by molar-refractivity contribution is -0.179. The summed E-state index contributed by atoms with van der Waals surface area (Å²) in [6, 6.07) is 0. The lowest BCUT2D eigenvalue weighted by Crippen LogP contribution is -2.60. The molecule has 5 fully saturated rings. The van der Waals surface area contributed by atoms with E-state index >= 15 is 4.39 Å². The molecule has 0 N–H and O–H groups in total. The van der Waals surface area contributed by atoms with E-state index in [1.807, 2.05) is 6.08 Å². The second-order valence-corrected chi connectivity index (χ2v) is 11.4. The van der Waals surface area contributed by atoms with E-state index in [-0.39, 0.29) is 33.9 Å². The Hall–Kier alpha value is -1.19. The van der Waals surface area contributed by atoms with Crippen molar-refractivity contribution in [3.8, 4) is 0 Å². The molecule has 0 amide bonds. The van der Waals surface area contributed by atoms with Gasteiger partial charge in [0, 0.05) is 24.2 Å². The van der Waals surface area contributed by atoms with Crippen LogP contribution in [-0.4, -0.2) is 23.5 Å². The van der Waals surface area contributed by atoms with Gasteiger partial charge in [-0.2, -0.15) is 0 Å². The molecule has 5 aliphatic carbocycles. The number of fused-ring (bicyclic) bond motifs is 7. The highest BCUT2D eigenvalue weighted by Crippen LogP contribution is 2.76. The first-order valence-electron chi connectivity index (χ1n) is 11.3. The molecule has 0 bridgehead atoms. The van der Waals surface area contributed by atoms with Crippen molar-refractivity contribution in [1.29, 1.82) is 0 Å². The summed E-state index contributed by atoms with van der Waals surface area (Å²) in [5.74, 6) is 0.952. The number of alkyl halides is 1. The number of esters is 1. The second-order valence-electron chi connectivity index (χ2n) is 11.4. The van der Waals surface area contributed by atoms with Gasteiger partial charge in [-0.3, -0.25) is 9.59 Å². The molecule has 6 aliphatic rings. The number of hydrogen-bond acceptors (Lipinski definition) is 3. The van der Waals surface area contributed by atoms with Crippen LogP contribution in [0.5, 0.6) is 0 Å². The van der Waals surface area contributed by atoms with Crippen LogP contribution in [-0.2, 0) is 14.3 Å². The van der Waals surface area contributed by atoms with E-state index in [1.165, 1.54) is 5.57 Å². The van der Waals surface area contributed by atoms with E-state index in [9.17, 15) is 9.59 Å². The molecule has 0 aromatic carbocycles. The molecule has 0 aromatic heterocycles. The van der Waals surface area contributed by atoms with E-state index in [1.54, 1.807) is 0 Å². The second kappa shape index (κ2) is 5.10. The Morgan fingerprint density at radius 1 is 1.04 bits per heavy atom. The predicted molar refractivity (Wildman–Crippen MR) is 102 cm³/mol. The van der Waals surface area contributed by atoms with Crippen LogP contribution in [0.2, 0.25) is 0 Å². The Balaban J connectivity index is 1.45. The van der Waals surface area contributed by atoms with E-state index in [0.717, 1.165) is 44.9 Å². The van der Waals surface area contributed by atoms with Crippen LogP contribution in [0.1, 0.15) is 78.1 Å². The fraction of sp³-hybridized carbons (Fsp3) is 0.833. The van der Waals surface area contributed by atoms with Gasteiger partial charge in [0.15, 0.2) is 5.78 Å². The predicted octanol–water partition coefficient (Wildman–Crippen LogP) is 4.93. The Labute approximate surface area is 166 Å². The minimum atomic E-state index is -0.877. The number of ketones is 1. The lowest BCUT2D eigenvalue weighted by Gasteiger charge is -2.62. The van der Waals surface area contributed by atoms with Crippen molar-refractivity contribution in [1.82, 2.24) is 0 Å². The lowest BCUT2D eigenvalue weighted by atomic mass is 9.43. The number of allylic oxidation sites excluding steroid dienone is 1. The number of ether oxygens (including phenoxy) is 1. The number of carbonyl (C=O) groups excluding carboxylic acids is 2. The molecule has 28 heavy (non-hydrogen) atoms. The summed E-state index contributed by atoms with van der Waals surface area (Å²) >= 11 is 0. The normalized spacial score (nSPS) is 53.5. The molecular formula is C24H31FO3. The van der Waals surface area contributed by atoms with Crippen LogP contribution < -0.4 is 0 Å². The van der Waals surface area contributed by atoms with Gasteiger partial charge in [0.1, 0.15) is 11.8 Å². The van der Waals surface area contributed by atoms with Crippen LogP contribution in [0.4, 0.5) is 4.39 Å². The van der Waals surface area contributed by atoms with Gasteiger partial charge in [0.2, 0.25) is 0 Å². The van der Waals surface area contributed by atoms with Gasteiger partial charge in [0.25, 0.3) is 0 Å². The molecule has 4 saturated carbocycles. The Morgan fingerprint density at radius 3 is 2.50 bits per heavy atom. The monoisotopic (exact) mass is 386 g/mol. The van der Waals surface area contributed by atoms with Crippen molar-refractivity contribution in [2.24, 2.45) is 34.0 Å². The summed E-state index contributed by atoms with van der Waals surface area (Å²) in [6.45, 7) is 4.49. The van der Waals surface area contributed by atoms with E-state index in [0.29, 0.717) is 31.1 Å². The third-order valence-corrected chi connectivity index (χ3v) is 10.3. The van der Waals surface area contributed by atoms with Gasteiger partial charge >= 0.3 is 5.97 Å². The average molecular weight is 387 g/mol. The summed E-state index contributed by atoms with van der Waals surface area (Å²) in [5.41, 5.74) is 0.615. The molecule has 152 valence electrons. The Morgan fingerprint density at radius 2 is 1.82 bits per heavy atom. The van der Waals surface area contributed by atoms with Crippen LogP contribution in [0.3, 0.4) is 0 Å². The van der Waals surface area contributed by atoms with Crippen molar-refractivity contribution < 1.29 is 18.7 Å². The quantitative estimate of drug-likeness (QED) is 0.554. The summed E-state index contributed by atoms with van der Waals surface area (Å²) < 4.78 is 22.0. The van der Waals surface area contributed by atoms with Crippen molar-refractivity contribution in [3.63, 3.8) is 0 Å². The van der Waals surface area contributed by atoms with Gasteiger partial charge in [-0.05, 0) is 80.1 Å². The van der Waals surface area contributed by atoms with Crippen molar-refractivity contribution in [2.75, 3.05) is 0 Å². The first kappa shape index (κ1) is 17.7. The number of hydrogen-bond donors (Lipinski definition) is 0. The maximum absolute atomic E-state index is 16.1. The smallest absolute Gasteiger partial charge is 0.306 e. The van der Waals surface area contributed by atoms with Gasteiger partial charge in [-0.15, -0.1) is 0 Å². The van der Waals surface area contributed by atoms with Gasteiger partial charge in [-0.25, -0.2) is 4.39 Å². The molecule has 3 unspecified atom stereocenters. The van der Waals surface area contributed by atoms with Gasteiger partial charge < -0.3 is 4.74 Å². The number of halogens is 1. The summed E-state index contributed by atoms with van der Waals surface area (Å²) in [4.78, 5) is 24.2.